The fraction of sp³-hybridized carbons (Fsp3) is 1.00. The van der Waals surface area contributed by atoms with Crippen LogP contribution in [0.25, 0.3) is 0 Å². The predicted molar refractivity (Wildman–Crippen MR) is 46.9 cm³/mol. The average molecular weight is 177 g/mol. The quantitative estimate of drug-likeness (QED) is 0.429. The molecule has 0 spiro atoms. The Morgan fingerprint density at radius 1 is 1.17 bits per heavy atom. The summed E-state index contributed by atoms with van der Waals surface area (Å²) in [7, 11) is 0. The van der Waals surface area contributed by atoms with Crippen LogP contribution in [0.5, 0.6) is 0 Å². The van der Waals surface area contributed by atoms with Crippen LogP contribution >= 0.6 is 0 Å². The van der Waals surface area contributed by atoms with E-state index in [2.05, 4.69) is 0 Å². The van der Waals surface area contributed by atoms with Crippen molar-refractivity contribution in [3.8, 4) is 0 Å². The Morgan fingerprint density at radius 3 is 2.17 bits per heavy atom. The van der Waals surface area contributed by atoms with E-state index in [-0.39, 0.29) is 6.29 Å². The lowest BCUT2D eigenvalue weighted by atomic mass is 10.6. The van der Waals surface area contributed by atoms with E-state index in [1.165, 1.54) is 0 Å². The van der Waals surface area contributed by atoms with Crippen molar-refractivity contribution in [2.45, 2.75) is 20.1 Å². The monoisotopic (exact) mass is 177 g/mol. The molecule has 0 aromatic heterocycles. The van der Waals surface area contributed by atoms with E-state index in [4.69, 9.17) is 19.9 Å². The van der Waals surface area contributed by atoms with Crippen LogP contribution in [-0.4, -0.2) is 39.3 Å². The van der Waals surface area contributed by atoms with Gasteiger partial charge in [-0.15, -0.1) is 0 Å². The summed E-state index contributed by atoms with van der Waals surface area (Å²) < 4.78 is 15.7. The zero-order chi connectivity index (χ0) is 9.23. The topological polar surface area (TPSA) is 53.7 Å². The molecule has 0 bridgehead atoms. The van der Waals surface area contributed by atoms with Crippen molar-refractivity contribution in [2.24, 2.45) is 5.73 Å². The second-order valence-electron chi connectivity index (χ2n) is 2.20. The summed E-state index contributed by atoms with van der Waals surface area (Å²) in [5, 5.41) is 0. The van der Waals surface area contributed by atoms with Gasteiger partial charge in [0.05, 0.1) is 13.2 Å². The first-order valence-electron chi connectivity index (χ1n) is 4.36. The van der Waals surface area contributed by atoms with E-state index in [1.54, 1.807) is 0 Å². The SMILES string of the molecule is CCOC(COCCN)OCC. The molecule has 4 heteroatoms. The third-order valence-electron chi connectivity index (χ3n) is 1.22. The van der Waals surface area contributed by atoms with Crippen LogP contribution in [0.4, 0.5) is 0 Å². The van der Waals surface area contributed by atoms with Crippen molar-refractivity contribution >= 4 is 0 Å². The molecule has 12 heavy (non-hydrogen) atoms. The first kappa shape index (κ1) is 11.8. The second-order valence-corrected chi connectivity index (χ2v) is 2.20. The Kier molecular flexibility index (Phi) is 8.81. The summed E-state index contributed by atoms with van der Waals surface area (Å²) in [5.74, 6) is 0. The fourth-order valence-corrected chi connectivity index (χ4v) is 0.779. The zero-order valence-electron chi connectivity index (χ0n) is 7.91. The van der Waals surface area contributed by atoms with Crippen LogP contribution in [0.3, 0.4) is 0 Å². The third kappa shape index (κ3) is 6.54. The van der Waals surface area contributed by atoms with Crippen molar-refractivity contribution in [2.75, 3.05) is 33.0 Å². The molecule has 0 saturated carbocycles. The van der Waals surface area contributed by atoms with Crippen molar-refractivity contribution in [3.63, 3.8) is 0 Å². The van der Waals surface area contributed by atoms with Gasteiger partial charge in [-0.3, -0.25) is 0 Å². The maximum Gasteiger partial charge on any atom is 0.180 e. The van der Waals surface area contributed by atoms with Gasteiger partial charge in [0.25, 0.3) is 0 Å². The predicted octanol–water partition coefficient (Wildman–Crippen LogP) is 0.361. The summed E-state index contributed by atoms with van der Waals surface area (Å²) in [5.41, 5.74) is 5.26. The van der Waals surface area contributed by atoms with Gasteiger partial charge < -0.3 is 19.9 Å². The normalized spacial score (nSPS) is 11.0. The van der Waals surface area contributed by atoms with Crippen LogP contribution in [0.2, 0.25) is 0 Å². The largest absolute Gasteiger partial charge is 0.375 e. The highest BCUT2D eigenvalue weighted by Crippen LogP contribution is 1.95. The first-order chi connectivity index (χ1) is 5.85. The van der Waals surface area contributed by atoms with Crippen molar-refractivity contribution in [3.05, 3.63) is 0 Å². The summed E-state index contributed by atoms with van der Waals surface area (Å²) >= 11 is 0. The smallest absolute Gasteiger partial charge is 0.180 e. The molecule has 0 aromatic carbocycles. The summed E-state index contributed by atoms with van der Waals surface area (Å²) in [6.07, 6.45) is -0.244. The Labute approximate surface area is 74.0 Å². The van der Waals surface area contributed by atoms with Gasteiger partial charge in [-0.1, -0.05) is 0 Å². The molecule has 0 aliphatic carbocycles. The summed E-state index contributed by atoms with van der Waals surface area (Å²) in [6.45, 7) is 6.66. The Bertz CT molecular complexity index is 84.4. The molecule has 0 aromatic rings. The highest BCUT2D eigenvalue weighted by molar-refractivity contribution is 4.41. The van der Waals surface area contributed by atoms with Crippen LogP contribution in [0.1, 0.15) is 13.8 Å². The maximum absolute atomic E-state index is 5.26. The first-order valence-corrected chi connectivity index (χ1v) is 4.36. The average Bonchev–Trinajstić information content (AvgIpc) is 2.06. The Balaban J connectivity index is 3.34. The molecule has 0 heterocycles. The van der Waals surface area contributed by atoms with Crippen molar-refractivity contribution in [1.29, 1.82) is 0 Å². The van der Waals surface area contributed by atoms with Crippen LogP contribution < -0.4 is 5.73 Å². The number of nitrogens with two attached hydrogens (primary N) is 1. The van der Waals surface area contributed by atoms with E-state index in [0.717, 1.165) is 0 Å². The van der Waals surface area contributed by atoms with Gasteiger partial charge in [0.1, 0.15) is 0 Å². The van der Waals surface area contributed by atoms with Crippen molar-refractivity contribution in [1.82, 2.24) is 0 Å². The molecule has 0 aliphatic heterocycles. The molecule has 0 atom stereocenters. The molecule has 0 rings (SSSR count). The summed E-state index contributed by atoms with van der Waals surface area (Å²) in [6, 6.07) is 0. The number of rotatable bonds is 8. The summed E-state index contributed by atoms with van der Waals surface area (Å²) in [4.78, 5) is 0. The molecule has 2 N–H and O–H groups in total. The molecule has 0 radical (unpaired) electrons. The lowest BCUT2D eigenvalue weighted by molar-refractivity contribution is -0.166. The van der Waals surface area contributed by atoms with Crippen LogP contribution in [-0.2, 0) is 14.2 Å². The third-order valence-corrected chi connectivity index (χ3v) is 1.22. The van der Waals surface area contributed by atoms with E-state index in [9.17, 15) is 0 Å². The van der Waals surface area contributed by atoms with Gasteiger partial charge in [0.2, 0.25) is 0 Å². The van der Waals surface area contributed by atoms with Gasteiger partial charge in [0.15, 0.2) is 6.29 Å². The molecule has 0 saturated heterocycles. The van der Waals surface area contributed by atoms with Gasteiger partial charge in [-0.05, 0) is 13.8 Å². The van der Waals surface area contributed by atoms with E-state index in [0.29, 0.717) is 33.0 Å². The molecule has 0 unspecified atom stereocenters. The minimum atomic E-state index is -0.244. The van der Waals surface area contributed by atoms with E-state index in [1.807, 2.05) is 13.8 Å². The van der Waals surface area contributed by atoms with E-state index < -0.39 is 0 Å². The molecular weight excluding hydrogens is 158 g/mol. The number of hydrogen-bond donors (Lipinski definition) is 1. The molecule has 4 nitrogen and oxygen atoms in total. The molecule has 74 valence electrons. The minimum absolute atomic E-state index is 0.244. The lowest BCUT2D eigenvalue weighted by Gasteiger charge is -2.16. The molecule has 0 amide bonds. The van der Waals surface area contributed by atoms with Crippen LogP contribution in [0.15, 0.2) is 0 Å². The van der Waals surface area contributed by atoms with Gasteiger partial charge in [-0.25, -0.2) is 0 Å². The van der Waals surface area contributed by atoms with Gasteiger partial charge in [0, 0.05) is 19.8 Å². The highest BCUT2D eigenvalue weighted by atomic mass is 16.7. The number of ether oxygens (including phenoxy) is 3. The van der Waals surface area contributed by atoms with Crippen LogP contribution in [0, 0.1) is 0 Å². The highest BCUT2D eigenvalue weighted by Gasteiger charge is 2.06. The van der Waals surface area contributed by atoms with E-state index >= 15 is 0 Å². The number of hydrogen-bond acceptors (Lipinski definition) is 4. The Hall–Kier alpha value is -0.160. The van der Waals surface area contributed by atoms with Gasteiger partial charge >= 0.3 is 0 Å². The molecular formula is C8H19NO3. The minimum Gasteiger partial charge on any atom is -0.375 e. The molecule has 0 aliphatic rings. The van der Waals surface area contributed by atoms with Crippen molar-refractivity contribution < 1.29 is 14.2 Å². The molecule has 0 fully saturated rings. The van der Waals surface area contributed by atoms with Gasteiger partial charge in [-0.2, -0.15) is 0 Å². The zero-order valence-corrected chi connectivity index (χ0v) is 7.91. The standard InChI is InChI=1S/C8H19NO3/c1-3-11-8(12-4-2)7-10-6-5-9/h8H,3-7,9H2,1-2H3. The Morgan fingerprint density at radius 2 is 1.75 bits per heavy atom. The second kappa shape index (κ2) is 8.93. The lowest BCUT2D eigenvalue weighted by Crippen LogP contribution is -2.25. The fourth-order valence-electron chi connectivity index (χ4n) is 0.779. The maximum atomic E-state index is 5.26.